The van der Waals surface area contributed by atoms with E-state index in [1.807, 2.05) is 24.3 Å². The molecule has 0 radical (unpaired) electrons. The molecule has 0 saturated carbocycles. The van der Waals surface area contributed by atoms with Gasteiger partial charge in [-0.3, -0.25) is 14.5 Å². The number of fused-ring (bicyclic) bond motifs is 1. The van der Waals surface area contributed by atoms with Gasteiger partial charge in [0.1, 0.15) is 5.75 Å². The third-order valence-corrected chi connectivity index (χ3v) is 4.99. The van der Waals surface area contributed by atoms with E-state index in [0.29, 0.717) is 22.2 Å². The number of thioether (sulfide) groups is 1. The van der Waals surface area contributed by atoms with Crippen LogP contribution in [0.5, 0.6) is 17.2 Å². The maximum absolute atomic E-state index is 12.6. The van der Waals surface area contributed by atoms with Gasteiger partial charge in [-0.05, 0) is 47.7 Å². The number of rotatable bonds is 5. The molecule has 138 valence electrons. The Hall–Kier alpha value is -3.13. The predicted molar refractivity (Wildman–Crippen MR) is 102 cm³/mol. The second kappa shape index (κ2) is 7.24. The first-order valence-corrected chi connectivity index (χ1v) is 8.98. The van der Waals surface area contributed by atoms with E-state index >= 15 is 0 Å². The van der Waals surface area contributed by atoms with Gasteiger partial charge in [0.05, 0.1) is 18.7 Å². The summed E-state index contributed by atoms with van der Waals surface area (Å²) in [5.41, 5.74) is 1.53. The molecule has 0 aromatic heterocycles. The van der Waals surface area contributed by atoms with Crippen LogP contribution in [0.25, 0.3) is 6.08 Å². The molecule has 0 bridgehead atoms. The molecule has 0 aliphatic carbocycles. The molecule has 2 aliphatic heterocycles. The number of imide groups is 1. The number of hydrogen-bond donors (Lipinski definition) is 1. The third-order valence-electron chi connectivity index (χ3n) is 4.08. The summed E-state index contributed by atoms with van der Waals surface area (Å²) in [7, 11) is 1.58. The zero-order valence-corrected chi connectivity index (χ0v) is 15.2. The zero-order valence-electron chi connectivity index (χ0n) is 14.4. The number of benzene rings is 2. The van der Waals surface area contributed by atoms with Crippen LogP contribution in [0.4, 0.5) is 10.5 Å². The Kier molecular flexibility index (Phi) is 4.64. The lowest BCUT2D eigenvalue weighted by molar-refractivity contribution is -0.122. The van der Waals surface area contributed by atoms with E-state index in [1.165, 1.54) is 4.90 Å². The van der Waals surface area contributed by atoms with Gasteiger partial charge < -0.3 is 19.5 Å². The SMILES string of the molecule is COc1cccc(NCN2C(=O)SC(=Cc3ccc4c(c3)OCO4)C2=O)c1. The number of nitrogens with zero attached hydrogens (tertiary/aromatic N) is 1. The van der Waals surface area contributed by atoms with Crippen LogP contribution in [-0.2, 0) is 4.79 Å². The topological polar surface area (TPSA) is 77.1 Å². The first-order valence-electron chi connectivity index (χ1n) is 8.17. The minimum Gasteiger partial charge on any atom is -0.497 e. The molecule has 2 aromatic rings. The van der Waals surface area contributed by atoms with Gasteiger partial charge in [0.2, 0.25) is 6.79 Å². The predicted octanol–water partition coefficient (Wildman–Crippen LogP) is 3.53. The Bertz CT molecular complexity index is 943. The minimum atomic E-state index is -0.335. The highest BCUT2D eigenvalue weighted by atomic mass is 32.2. The van der Waals surface area contributed by atoms with E-state index in [2.05, 4.69) is 5.32 Å². The van der Waals surface area contributed by atoms with E-state index in [0.717, 1.165) is 23.0 Å². The van der Waals surface area contributed by atoms with Crippen LogP contribution < -0.4 is 19.5 Å². The summed E-state index contributed by atoms with van der Waals surface area (Å²) in [4.78, 5) is 26.4. The lowest BCUT2D eigenvalue weighted by atomic mass is 10.2. The van der Waals surface area contributed by atoms with Gasteiger partial charge in [0, 0.05) is 11.8 Å². The summed E-state index contributed by atoms with van der Waals surface area (Å²) in [6, 6.07) is 12.7. The fourth-order valence-electron chi connectivity index (χ4n) is 2.69. The highest BCUT2D eigenvalue weighted by molar-refractivity contribution is 8.18. The summed E-state index contributed by atoms with van der Waals surface area (Å²) in [5, 5.41) is 2.75. The lowest BCUT2D eigenvalue weighted by Gasteiger charge is -2.14. The molecule has 4 rings (SSSR count). The number of amides is 2. The van der Waals surface area contributed by atoms with E-state index in [4.69, 9.17) is 14.2 Å². The van der Waals surface area contributed by atoms with Gasteiger partial charge in [0.25, 0.3) is 11.1 Å². The van der Waals surface area contributed by atoms with Crippen molar-refractivity contribution in [2.45, 2.75) is 0 Å². The van der Waals surface area contributed by atoms with Crippen molar-refractivity contribution in [3.63, 3.8) is 0 Å². The average molecular weight is 384 g/mol. The zero-order chi connectivity index (χ0) is 18.8. The summed E-state index contributed by atoms with van der Waals surface area (Å²) in [6.07, 6.45) is 1.68. The normalized spacial score (nSPS) is 16.9. The number of carbonyl (C=O) groups excluding carboxylic acids is 2. The van der Waals surface area contributed by atoms with Crippen LogP contribution in [0, 0.1) is 0 Å². The number of carbonyl (C=O) groups is 2. The average Bonchev–Trinajstić information content (AvgIpc) is 3.25. The van der Waals surface area contributed by atoms with Crippen LogP contribution in [0.2, 0.25) is 0 Å². The summed E-state index contributed by atoms with van der Waals surface area (Å²) in [5.74, 6) is 1.65. The Labute approximate surface area is 159 Å². The molecule has 7 nitrogen and oxygen atoms in total. The Morgan fingerprint density at radius 1 is 1.19 bits per heavy atom. The minimum absolute atomic E-state index is 0.0797. The maximum Gasteiger partial charge on any atom is 0.295 e. The second-order valence-electron chi connectivity index (χ2n) is 5.79. The van der Waals surface area contributed by atoms with Gasteiger partial charge in [-0.1, -0.05) is 12.1 Å². The van der Waals surface area contributed by atoms with Crippen molar-refractivity contribution in [3.8, 4) is 17.2 Å². The van der Waals surface area contributed by atoms with Crippen molar-refractivity contribution in [3.05, 3.63) is 52.9 Å². The van der Waals surface area contributed by atoms with E-state index in [-0.39, 0.29) is 24.6 Å². The van der Waals surface area contributed by atoms with Crippen molar-refractivity contribution < 1.29 is 23.8 Å². The van der Waals surface area contributed by atoms with Crippen LogP contribution in [0.1, 0.15) is 5.56 Å². The molecule has 1 N–H and O–H groups in total. The largest absolute Gasteiger partial charge is 0.497 e. The molecule has 1 fully saturated rings. The molecule has 2 heterocycles. The summed E-state index contributed by atoms with van der Waals surface area (Å²) < 4.78 is 15.8. The molecular weight excluding hydrogens is 368 g/mol. The van der Waals surface area contributed by atoms with Gasteiger partial charge in [-0.2, -0.15) is 0 Å². The molecule has 2 amide bonds. The summed E-state index contributed by atoms with van der Waals surface area (Å²) in [6.45, 7) is 0.265. The number of nitrogens with one attached hydrogen (secondary N) is 1. The molecule has 2 aliphatic rings. The molecule has 0 atom stereocenters. The van der Waals surface area contributed by atoms with Crippen molar-refractivity contribution in [1.82, 2.24) is 4.90 Å². The molecule has 0 spiro atoms. The number of ether oxygens (including phenoxy) is 3. The standard InChI is InChI=1S/C19H16N2O5S/c1-24-14-4-2-3-13(9-14)20-10-21-18(22)17(27-19(21)23)8-12-5-6-15-16(7-12)26-11-25-15/h2-9,20H,10-11H2,1H3. The van der Waals surface area contributed by atoms with Crippen molar-refractivity contribution in [2.24, 2.45) is 0 Å². The van der Waals surface area contributed by atoms with Gasteiger partial charge in [0.15, 0.2) is 11.5 Å². The fraction of sp³-hybridized carbons (Fsp3) is 0.158. The second-order valence-corrected chi connectivity index (χ2v) is 6.78. The maximum atomic E-state index is 12.6. The Morgan fingerprint density at radius 2 is 2.04 bits per heavy atom. The molecule has 8 heteroatoms. The number of anilines is 1. The first-order chi connectivity index (χ1) is 13.1. The van der Waals surface area contributed by atoms with Crippen LogP contribution in [-0.4, -0.2) is 36.6 Å². The Balaban J connectivity index is 1.46. The van der Waals surface area contributed by atoms with E-state index in [1.54, 1.807) is 31.4 Å². The highest BCUT2D eigenvalue weighted by Gasteiger charge is 2.34. The Morgan fingerprint density at radius 3 is 2.89 bits per heavy atom. The number of hydrogen-bond acceptors (Lipinski definition) is 7. The molecule has 0 unspecified atom stereocenters. The third kappa shape index (κ3) is 3.56. The first kappa shape index (κ1) is 17.3. The van der Waals surface area contributed by atoms with Gasteiger partial charge in [-0.15, -0.1) is 0 Å². The summed E-state index contributed by atoms with van der Waals surface area (Å²) >= 11 is 0.914. The lowest BCUT2D eigenvalue weighted by Crippen LogP contribution is -2.33. The molecule has 2 aromatic carbocycles. The van der Waals surface area contributed by atoms with Crippen molar-refractivity contribution in [2.75, 3.05) is 25.9 Å². The molecule has 27 heavy (non-hydrogen) atoms. The van der Waals surface area contributed by atoms with Gasteiger partial charge in [-0.25, -0.2) is 0 Å². The van der Waals surface area contributed by atoms with Crippen LogP contribution in [0.15, 0.2) is 47.4 Å². The van der Waals surface area contributed by atoms with E-state index in [9.17, 15) is 9.59 Å². The van der Waals surface area contributed by atoms with Crippen molar-refractivity contribution in [1.29, 1.82) is 0 Å². The smallest absolute Gasteiger partial charge is 0.295 e. The number of methoxy groups -OCH3 is 1. The van der Waals surface area contributed by atoms with Crippen molar-refractivity contribution >= 4 is 34.7 Å². The van der Waals surface area contributed by atoms with Gasteiger partial charge >= 0.3 is 0 Å². The fourth-order valence-corrected chi connectivity index (χ4v) is 3.53. The van der Waals surface area contributed by atoms with Crippen LogP contribution in [0.3, 0.4) is 0 Å². The molecule has 1 saturated heterocycles. The quantitative estimate of drug-likeness (QED) is 0.790. The highest BCUT2D eigenvalue weighted by Crippen LogP contribution is 2.36. The van der Waals surface area contributed by atoms with Crippen LogP contribution >= 0.6 is 11.8 Å². The van der Waals surface area contributed by atoms with E-state index < -0.39 is 0 Å². The monoisotopic (exact) mass is 384 g/mol. The molecular formula is C19H16N2O5S.